The van der Waals surface area contributed by atoms with E-state index in [0.717, 1.165) is 25.7 Å². The van der Waals surface area contributed by atoms with Gasteiger partial charge in [0.25, 0.3) is 5.91 Å². The Morgan fingerprint density at radius 1 is 1.33 bits per heavy atom. The summed E-state index contributed by atoms with van der Waals surface area (Å²) in [7, 11) is 0. The van der Waals surface area contributed by atoms with Gasteiger partial charge in [0.05, 0.1) is 17.8 Å². The van der Waals surface area contributed by atoms with Gasteiger partial charge in [0.2, 0.25) is 0 Å². The average molecular weight is 270 g/mol. The van der Waals surface area contributed by atoms with Crippen molar-refractivity contribution in [2.45, 2.75) is 37.9 Å². The van der Waals surface area contributed by atoms with Crippen molar-refractivity contribution in [3.05, 3.63) is 28.8 Å². The highest BCUT2D eigenvalue weighted by Crippen LogP contribution is 2.28. The number of primary amides is 1. The molecule has 0 heterocycles. The van der Waals surface area contributed by atoms with Crippen molar-refractivity contribution in [2.75, 3.05) is 0 Å². The van der Waals surface area contributed by atoms with Crippen molar-refractivity contribution in [3.8, 4) is 5.75 Å². The minimum atomic E-state index is -0.552. The van der Waals surface area contributed by atoms with Gasteiger partial charge in [-0.05, 0) is 43.9 Å². The van der Waals surface area contributed by atoms with Crippen LogP contribution in [0.5, 0.6) is 5.75 Å². The quantitative estimate of drug-likeness (QED) is 0.883. The maximum Gasteiger partial charge on any atom is 0.252 e. The summed E-state index contributed by atoms with van der Waals surface area (Å²) >= 11 is 5.83. The van der Waals surface area contributed by atoms with Gasteiger partial charge in [-0.2, -0.15) is 0 Å². The molecule has 3 N–H and O–H groups in total. The number of aliphatic hydroxyl groups is 1. The molecule has 0 unspecified atom stereocenters. The van der Waals surface area contributed by atoms with Crippen molar-refractivity contribution in [1.82, 2.24) is 0 Å². The Balaban J connectivity index is 2.11. The number of nitrogens with two attached hydrogens (primary N) is 1. The first-order valence-electron chi connectivity index (χ1n) is 6.00. The molecule has 0 aromatic heterocycles. The van der Waals surface area contributed by atoms with Gasteiger partial charge < -0.3 is 15.6 Å². The molecule has 0 atom stereocenters. The third-order valence-electron chi connectivity index (χ3n) is 3.14. The smallest absolute Gasteiger partial charge is 0.252 e. The minimum Gasteiger partial charge on any atom is -0.490 e. The van der Waals surface area contributed by atoms with Crippen LogP contribution in [0.3, 0.4) is 0 Å². The maximum atomic E-state index is 11.3. The van der Waals surface area contributed by atoms with Crippen molar-refractivity contribution in [1.29, 1.82) is 0 Å². The van der Waals surface area contributed by atoms with Crippen LogP contribution in [-0.4, -0.2) is 23.2 Å². The van der Waals surface area contributed by atoms with Crippen LogP contribution in [0, 0.1) is 0 Å². The van der Waals surface area contributed by atoms with E-state index < -0.39 is 5.91 Å². The van der Waals surface area contributed by atoms with Crippen LogP contribution in [0.15, 0.2) is 18.2 Å². The molecule has 1 amide bonds. The number of amides is 1. The number of ether oxygens (including phenoxy) is 1. The fraction of sp³-hybridized carbons (Fsp3) is 0.462. The van der Waals surface area contributed by atoms with Crippen LogP contribution in [0.1, 0.15) is 36.0 Å². The Labute approximate surface area is 111 Å². The number of hydrogen-bond acceptors (Lipinski definition) is 3. The molecule has 1 aromatic carbocycles. The van der Waals surface area contributed by atoms with Crippen LogP contribution in [-0.2, 0) is 0 Å². The Kier molecular flexibility index (Phi) is 4.09. The molecule has 18 heavy (non-hydrogen) atoms. The summed E-state index contributed by atoms with van der Waals surface area (Å²) in [5.41, 5.74) is 5.59. The zero-order valence-corrected chi connectivity index (χ0v) is 10.7. The number of aliphatic hydroxyl groups excluding tert-OH is 1. The fourth-order valence-corrected chi connectivity index (χ4v) is 2.31. The highest BCUT2D eigenvalue weighted by molar-refractivity contribution is 6.31. The molecule has 2 rings (SSSR count). The summed E-state index contributed by atoms with van der Waals surface area (Å²) in [5, 5.41) is 9.88. The van der Waals surface area contributed by atoms with E-state index in [2.05, 4.69) is 0 Å². The van der Waals surface area contributed by atoms with E-state index in [1.54, 1.807) is 12.1 Å². The van der Waals surface area contributed by atoms with Crippen molar-refractivity contribution in [2.24, 2.45) is 5.73 Å². The lowest BCUT2D eigenvalue weighted by molar-refractivity contribution is 0.0656. The molecule has 1 aromatic rings. The Hall–Kier alpha value is -1.26. The zero-order valence-electron chi connectivity index (χ0n) is 9.93. The molecule has 5 heteroatoms. The zero-order chi connectivity index (χ0) is 13.1. The second-order valence-corrected chi connectivity index (χ2v) is 4.99. The molecule has 1 aliphatic rings. The lowest BCUT2D eigenvalue weighted by atomic mass is 9.95. The summed E-state index contributed by atoms with van der Waals surface area (Å²) in [4.78, 5) is 11.3. The first kappa shape index (κ1) is 13.2. The van der Waals surface area contributed by atoms with Crippen LogP contribution in [0.2, 0.25) is 5.02 Å². The van der Waals surface area contributed by atoms with Gasteiger partial charge in [-0.1, -0.05) is 11.6 Å². The average Bonchev–Trinajstić information content (AvgIpc) is 2.34. The Morgan fingerprint density at radius 3 is 2.61 bits per heavy atom. The number of carbonyl (C=O) groups excluding carboxylic acids is 1. The predicted octanol–water partition coefficient (Wildman–Crippen LogP) is 2.12. The molecule has 1 fully saturated rings. The minimum absolute atomic E-state index is 0.0210. The van der Waals surface area contributed by atoms with Crippen LogP contribution >= 0.6 is 11.6 Å². The summed E-state index contributed by atoms with van der Waals surface area (Å²) in [6.45, 7) is 0. The van der Waals surface area contributed by atoms with Gasteiger partial charge in [0.1, 0.15) is 5.75 Å². The van der Waals surface area contributed by atoms with E-state index in [9.17, 15) is 9.90 Å². The Bertz CT molecular complexity index is 442. The van der Waals surface area contributed by atoms with Crippen molar-refractivity contribution in [3.63, 3.8) is 0 Å². The molecular weight excluding hydrogens is 254 g/mol. The number of halogens is 1. The molecule has 0 saturated heterocycles. The topological polar surface area (TPSA) is 72.6 Å². The predicted molar refractivity (Wildman–Crippen MR) is 68.9 cm³/mol. The summed E-state index contributed by atoms with van der Waals surface area (Å²) in [6, 6.07) is 4.84. The molecule has 0 spiro atoms. The normalized spacial score (nSPS) is 23.7. The highest BCUT2D eigenvalue weighted by Gasteiger charge is 2.22. The van der Waals surface area contributed by atoms with E-state index in [4.69, 9.17) is 22.1 Å². The lowest BCUT2D eigenvalue weighted by Crippen LogP contribution is -2.27. The lowest BCUT2D eigenvalue weighted by Gasteiger charge is -2.26. The number of carbonyl (C=O) groups is 1. The van der Waals surface area contributed by atoms with E-state index in [0.29, 0.717) is 16.3 Å². The molecule has 0 bridgehead atoms. The van der Waals surface area contributed by atoms with Crippen LogP contribution in [0.4, 0.5) is 0 Å². The van der Waals surface area contributed by atoms with E-state index in [1.165, 1.54) is 6.07 Å². The van der Waals surface area contributed by atoms with Gasteiger partial charge in [0, 0.05) is 5.02 Å². The van der Waals surface area contributed by atoms with Gasteiger partial charge in [-0.15, -0.1) is 0 Å². The number of rotatable bonds is 3. The van der Waals surface area contributed by atoms with Crippen molar-refractivity contribution < 1.29 is 14.6 Å². The standard InChI is InChI=1S/C13H16ClNO3/c14-8-1-6-12(11(7-8)13(15)17)18-10-4-2-9(16)3-5-10/h1,6-7,9-10,16H,2-5H2,(H2,15,17). The van der Waals surface area contributed by atoms with Gasteiger partial charge >= 0.3 is 0 Å². The fourth-order valence-electron chi connectivity index (χ4n) is 2.14. The van der Waals surface area contributed by atoms with Gasteiger partial charge in [-0.3, -0.25) is 4.79 Å². The summed E-state index contributed by atoms with van der Waals surface area (Å²) < 4.78 is 5.78. The molecule has 0 aliphatic heterocycles. The second kappa shape index (κ2) is 5.59. The molecule has 1 saturated carbocycles. The molecule has 98 valence electrons. The molecule has 0 radical (unpaired) electrons. The monoisotopic (exact) mass is 269 g/mol. The van der Waals surface area contributed by atoms with Crippen LogP contribution in [0.25, 0.3) is 0 Å². The summed E-state index contributed by atoms with van der Waals surface area (Å²) in [6.07, 6.45) is 2.80. The van der Waals surface area contributed by atoms with Gasteiger partial charge in [-0.25, -0.2) is 0 Å². The molecule has 1 aliphatic carbocycles. The number of benzene rings is 1. The van der Waals surface area contributed by atoms with Crippen molar-refractivity contribution >= 4 is 17.5 Å². The summed E-state index contributed by atoms with van der Waals surface area (Å²) in [5.74, 6) is -0.0865. The third kappa shape index (κ3) is 3.15. The Morgan fingerprint density at radius 2 is 2.00 bits per heavy atom. The first-order valence-corrected chi connectivity index (χ1v) is 6.38. The maximum absolute atomic E-state index is 11.3. The van der Waals surface area contributed by atoms with E-state index >= 15 is 0 Å². The SMILES string of the molecule is NC(=O)c1cc(Cl)ccc1OC1CCC(O)CC1. The van der Waals surface area contributed by atoms with Gasteiger partial charge in [0.15, 0.2) is 0 Å². The first-order chi connectivity index (χ1) is 8.56. The number of hydrogen-bond donors (Lipinski definition) is 2. The van der Waals surface area contributed by atoms with Crippen LogP contribution < -0.4 is 10.5 Å². The molecular formula is C13H16ClNO3. The largest absolute Gasteiger partial charge is 0.490 e. The van der Waals surface area contributed by atoms with E-state index in [1.807, 2.05) is 0 Å². The van der Waals surface area contributed by atoms with E-state index in [-0.39, 0.29) is 12.2 Å². The highest BCUT2D eigenvalue weighted by atomic mass is 35.5. The second-order valence-electron chi connectivity index (χ2n) is 4.55. The third-order valence-corrected chi connectivity index (χ3v) is 3.38. The molecule has 4 nitrogen and oxygen atoms in total.